The van der Waals surface area contributed by atoms with E-state index in [1.165, 1.54) is 0 Å². The summed E-state index contributed by atoms with van der Waals surface area (Å²) >= 11 is 0. The maximum absolute atomic E-state index is 12.2. The van der Waals surface area contributed by atoms with Crippen LogP contribution >= 0.6 is 0 Å². The summed E-state index contributed by atoms with van der Waals surface area (Å²) in [5.41, 5.74) is 0. The van der Waals surface area contributed by atoms with E-state index >= 15 is 0 Å². The van der Waals surface area contributed by atoms with Crippen molar-refractivity contribution in [1.29, 1.82) is 0 Å². The second-order valence-corrected chi connectivity index (χ2v) is 6.33. The zero-order chi connectivity index (χ0) is 13.0. The van der Waals surface area contributed by atoms with Crippen LogP contribution in [-0.2, 0) is 10.2 Å². The van der Waals surface area contributed by atoms with Gasteiger partial charge in [-0.25, -0.2) is 4.98 Å². The third-order valence-electron chi connectivity index (χ3n) is 3.16. The molecular formula is C11H20N4O2S. The molecule has 0 bridgehead atoms. The SMILES string of the molecule is CC(NS(=O)(=O)N1CCCCCC1)c1ncc[nH]1. The molecule has 0 radical (unpaired) electrons. The third kappa shape index (κ3) is 3.30. The van der Waals surface area contributed by atoms with Gasteiger partial charge in [-0.3, -0.25) is 0 Å². The zero-order valence-corrected chi connectivity index (χ0v) is 11.4. The lowest BCUT2D eigenvalue weighted by atomic mass is 10.2. The first kappa shape index (κ1) is 13.5. The third-order valence-corrected chi connectivity index (χ3v) is 4.86. The summed E-state index contributed by atoms with van der Waals surface area (Å²) in [5.74, 6) is 0.633. The highest BCUT2D eigenvalue weighted by Crippen LogP contribution is 2.15. The molecule has 7 heteroatoms. The molecule has 0 aliphatic carbocycles. The predicted octanol–water partition coefficient (Wildman–Crippen LogP) is 1.18. The van der Waals surface area contributed by atoms with E-state index in [4.69, 9.17) is 0 Å². The molecule has 2 rings (SSSR count). The summed E-state index contributed by atoms with van der Waals surface area (Å²) in [5, 5.41) is 0. The molecule has 0 amide bonds. The van der Waals surface area contributed by atoms with Crippen LogP contribution in [0, 0.1) is 0 Å². The second kappa shape index (κ2) is 5.81. The van der Waals surface area contributed by atoms with E-state index in [2.05, 4.69) is 14.7 Å². The maximum atomic E-state index is 12.2. The zero-order valence-electron chi connectivity index (χ0n) is 10.6. The Morgan fingerprint density at radius 3 is 2.56 bits per heavy atom. The molecule has 102 valence electrons. The largest absolute Gasteiger partial charge is 0.347 e. The van der Waals surface area contributed by atoms with Crippen LogP contribution in [0.25, 0.3) is 0 Å². The van der Waals surface area contributed by atoms with Gasteiger partial charge in [0, 0.05) is 25.5 Å². The minimum Gasteiger partial charge on any atom is -0.347 e. The molecule has 1 aromatic rings. The Bertz CT molecular complexity index is 449. The van der Waals surface area contributed by atoms with Crippen molar-refractivity contribution in [1.82, 2.24) is 19.0 Å². The normalized spacial score (nSPS) is 20.5. The van der Waals surface area contributed by atoms with Gasteiger partial charge in [-0.1, -0.05) is 12.8 Å². The van der Waals surface area contributed by atoms with E-state index < -0.39 is 10.2 Å². The molecule has 0 saturated carbocycles. The van der Waals surface area contributed by atoms with Crippen LogP contribution in [0.15, 0.2) is 12.4 Å². The van der Waals surface area contributed by atoms with E-state index in [0.29, 0.717) is 18.9 Å². The fraction of sp³-hybridized carbons (Fsp3) is 0.727. The lowest BCUT2D eigenvalue weighted by molar-refractivity contribution is 0.408. The predicted molar refractivity (Wildman–Crippen MR) is 69.1 cm³/mol. The highest BCUT2D eigenvalue weighted by Gasteiger charge is 2.25. The summed E-state index contributed by atoms with van der Waals surface area (Å²) in [7, 11) is -3.41. The number of hydrogen-bond donors (Lipinski definition) is 2. The number of hydrogen-bond acceptors (Lipinski definition) is 3. The lowest BCUT2D eigenvalue weighted by Gasteiger charge is -2.22. The van der Waals surface area contributed by atoms with E-state index in [1.807, 2.05) is 0 Å². The van der Waals surface area contributed by atoms with Gasteiger partial charge in [0.15, 0.2) is 0 Å². The van der Waals surface area contributed by atoms with Crippen molar-refractivity contribution in [2.24, 2.45) is 0 Å². The molecule has 2 N–H and O–H groups in total. The van der Waals surface area contributed by atoms with Gasteiger partial charge in [0.1, 0.15) is 5.82 Å². The van der Waals surface area contributed by atoms with Crippen LogP contribution in [0.4, 0.5) is 0 Å². The maximum Gasteiger partial charge on any atom is 0.280 e. The topological polar surface area (TPSA) is 78.1 Å². The van der Waals surface area contributed by atoms with Gasteiger partial charge in [0.05, 0.1) is 6.04 Å². The Labute approximate surface area is 108 Å². The molecule has 1 saturated heterocycles. The van der Waals surface area contributed by atoms with Crippen LogP contribution in [0.5, 0.6) is 0 Å². The van der Waals surface area contributed by atoms with Crippen molar-refractivity contribution in [3.8, 4) is 0 Å². The van der Waals surface area contributed by atoms with Gasteiger partial charge in [0.2, 0.25) is 0 Å². The van der Waals surface area contributed by atoms with E-state index in [9.17, 15) is 8.42 Å². The van der Waals surface area contributed by atoms with Crippen LogP contribution in [0.3, 0.4) is 0 Å². The number of rotatable bonds is 4. The Balaban J connectivity index is 2.02. The molecule has 0 aromatic carbocycles. The van der Waals surface area contributed by atoms with Gasteiger partial charge in [-0.05, 0) is 19.8 Å². The van der Waals surface area contributed by atoms with Crippen LogP contribution in [-0.4, -0.2) is 35.8 Å². The minimum absolute atomic E-state index is 0.340. The number of nitrogens with one attached hydrogen (secondary N) is 2. The highest BCUT2D eigenvalue weighted by molar-refractivity contribution is 7.87. The molecule has 1 fully saturated rings. The Hall–Kier alpha value is -0.920. The Morgan fingerprint density at radius 2 is 2.00 bits per heavy atom. The van der Waals surface area contributed by atoms with Gasteiger partial charge >= 0.3 is 0 Å². The average Bonchev–Trinajstić information content (AvgIpc) is 2.70. The van der Waals surface area contributed by atoms with E-state index in [-0.39, 0.29) is 6.04 Å². The highest BCUT2D eigenvalue weighted by atomic mass is 32.2. The first-order valence-corrected chi connectivity index (χ1v) is 7.80. The molecule has 2 heterocycles. The van der Waals surface area contributed by atoms with Gasteiger partial charge in [0.25, 0.3) is 10.2 Å². The fourth-order valence-corrected chi connectivity index (χ4v) is 3.60. The summed E-state index contributed by atoms with van der Waals surface area (Å²) in [6, 6.07) is -0.340. The summed E-state index contributed by atoms with van der Waals surface area (Å²) in [4.78, 5) is 6.98. The average molecular weight is 272 g/mol. The van der Waals surface area contributed by atoms with Crippen molar-refractivity contribution < 1.29 is 8.42 Å². The van der Waals surface area contributed by atoms with Crippen molar-refractivity contribution in [3.05, 3.63) is 18.2 Å². The monoisotopic (exact) mass is 272 g/mol. The van der Waals surface area contributed by atoms with E-state index in [0.717, 1.165) is 25.7 Å². The number of H-pyrrole nitrogens is 1. The number of aromatic nitrogens is 2. The van der Waals surface area contributed by atoms with Gasteiger partial charge in [-0.15, -0.1) is 0 Å². The quantitative estimate of drug-likeness (QED) is 0.864. The number of nitrogens with zero attached hydrogens (tertiary/aromatic N) is 2. The first-order valence-electron chi connectivity index (χ1n) is 6.36. The molecule has 1 atom stereocenters. The molecule has 1 aliphatic heterocycles. The van der Waals surface area contributed by atoms with Gasteiger partial charge in [-0.2, -0.15) is 17.4 Å². The smallest absolute Gasteiger partial charge is 0.280 e. The summed E-state index contributed by atoms with van der Waals surface area (Å²) in [6.45, 7) is 3.01. The number of aromatic amines is 1. The Morgan fingerprint density at radius 1 is 1.33 bits per heavy atom. The van der Waals surface area contributed by atoms with Crippen LogP contribution < -0.4 is 4.72 Å². The van der Waals surface area contributed by atoms with Crippen LogP contribution in [0.2, 0.25) is 0 Å². The number of imidazole rings is 1. The van der Waals surface area contributed by atoms with Crippen molar-refractivity contribution in [3.63, 3.8) is 0 Å². The lowest BCUT2D eigenvalue weighted by Crippen LogP contribution is -2.42. The first-order chi connectivity index (χ1) is 8.59. The molecule has 18 heavy (non-hydrogen) atoms. The van der Waals surface area contributed by atoms with Crippen molar-refractivity contribution in [2.75, 3.05) is 13.1 Å². The second-order valence-electron chi connectivity index (χ2n) is 4.63. The molecule has 6 nitrogen and oxygen atoms in total. The molecule has 1 aromatic heterocycles. The molecule has 1 aliphatic rings. The van der Waals surface area contributed by atoms with Crippen molar-refractivity contribution in [2.45, 2.75) is 38.6 Å². The standard InChI is InChI=1S/C11H20N4O2S/c1-10(11-12-6-7-13-11)14-18(16,17)15-8-4-2-3-5-9-15/h6-7,10,14H,2-5,8-9H2,1H3,(H,12,13). The van der Waals surface area contributed by atoms with Crippen LogP contribution in [0.1, 0.15) is 44.5 Å². The minimum atomic E-state index is -3.41. The molecule has 0 spiro atoms. The van der Waals surface area contributed by atoms with E-state index in [1.54, 1.807) is 23.6 Å². The van der Waals surface area contributed by atoms with Crippen molar-refractivity contribution >= 4 is 10.2 Å². The summed E-state index contributed by atoms with van der Waals surface area (Å²) in [6.07, 6.45) is 7.41. The summed E-state index contributed by atoms with van der Waals surface area (Å²) < 4.78 is 28.6. The molecule has 1 unspecified atom stereocenters. The fourth-order valence-electron chi connectivity index (χ4n) is 2.15. The Kier molecular flexibility index (Phi) is 4.36. The molecular weight excluding hydrogens is 252 g/mol. The van der Waals surface area contributed by atoms with Gasteiger partial charge < -0.3 is 4.98 Å².